The van der Waals surface area contributed by atoms with Gasteiger partial charge >= 0.3 is 5.97 Å². The van der Waals surface area contributed by atoms with Crippen LogP contribution in [0.5, 0.6) is 0 Å². The average Bonchev–Trinajstić information content (AvgIpc) is 2.01. The van der Waals surface area contributed by atoms with E-state index in [1.807, 2.05) is 12.1 Å². The van der Waals surface area contributed by atoms with Crippen LogP contribution in [0.15, 0.2) is 29.2 Å². The molecule has 0 aromatic heterocycles. The second kappa shape index (κ2) is 4.05. The van der Waals surface area contributed by atoms with Crippen molar-refractivity contribution < 1.29 is 9.90 Å². The topological polar surface area (TPSA) is 37.3 Å². The van der Waals surface area contributed by atoms with Crippen molar-refractivity contribution >= 4 is 17.7 Å². The van der Waals surface area contributed by atoms with Crippen LogP contribution >= 0.6 is 11.8 Å². The first-order valence-electron chi connectivity index (χ1n) is 4.41. The van der Waals surface area contributed by atoms with Crippen molar-refractivity contribution in [3.63, 3.8) is 0 Å². The number of aromatic carboxylic acids is 1. The van der Waals surface area contributed by atoms with Crippen molar-refractivity contribution in [2.75, 3.05) is 0 Å². The molecule has 3 heteroatoms. The molecule has 0 aliphatic carbocycles. The highest BCUT2D eigenvalue weighted by molar-refractivity contribution is 8.00. The Labute approximate surface area is 88.3 Å². The van der Waals surface area contributed by atoms with Crippen LogP contribution in [0.25, 0.3) is 0 Å². The van der Waals surface area contributed by atoms with Crippen LogP contribution in [-0.4, -0.2) is 15.8 Å². The number of carboxylic acids is 1. The molecule has 0 radical (unpaired) electrons. The van der Waals surface area contributed by atoms with Gasteiger partial charge in [0, 0.05) is 9.64 Å². The summed E-state index contributed by atoms with van der Waals surface area (Å²) in [6, 6.07) is 7.09. The molecule has 0 atom stereocenters. The monoisotopic (exact) mass is 210 g/mol. The lowest BCUT2D eigenvalue weighted by Gasteiger charge is -2.18. The van der Waals surface area contributed by atoms with Gasteiger partial charge in [0.05, 0.1) is 5.56 Å². The van der Waals surface area contributed by atoms with Crippen molar-refractivity contribution in [3.05, 3.63) is 29.8 Å². The Morgan fingerprint density at radius 1 is 1.29 bits per heavy atom. The van der Waals surface area contributed by atoms with E-state index < -0.39 is 5.97 Å². The molecule has 0 heterocycles. The number of thioether (sulfide) groups is 1. The summed E-state index contributed by atoms with van der Waals surface area (Å²) in [5.74, 6) is -0.864. The van der Waals surface area contributed by atoms with Gasteiger partial charge in [-0.3, -0.25) is 0 Å². The highest BCUT2D eigenvalue weighted by atomic mass is 32.2. The van der Waals surface area contributed by atoms with Crippen molar-refractivity contribution in [1.82, 2.24) is 0 Å². The molecule has 0 aliphatic heterocycles. The summed E-state index contributed by atoms with van der Waals surface area (Å²) in [5, 5.41) is 8.95. The van der Waals surface area contributed by atoms with Crippen LogP contribution in [0.4, 0.5) is 0 Å². The zero-order chi connectivity index (χ0) is 10.8. The standard InChI is InChI=1S/C11H14O2S/c1-11(2,3)14-9-7-5-4-6-8(9)10(12)13/h4-7H,1-3H3,(H,12,13). The molecule has 0 saturated carbocycles. The van der Waals surface area contributed by atoms with Gasteiger partial charge in [0.15, 0.2) is 0 Å². The van der Waals surface area contributed by atoms with Gasteiger partial charge in [0.25, 0.3) is 0 Å². The Hall–Kier alpha value is -0.960. The van der Waals surface area contributed by atoms with Gasteiger partial charge in [-0.1, -0.05) is 32.9 Å². The largest absolute Gasteiger partial charge is 0.478 e. The van der Waals surface area contributed by atoms with Crippen LogP contribution in [-0.2, 0) is 0 Å². The van der Waals surface area contributed by atoms with Gasteiger partial charge < -0.3 is 5.11 Å². The summed E-state index contributed by atoms with van der Waals surface area (Å²) in [4.78, 5) is 11.7. The molecule has 1 aromatic carbocycles. The summed E-state index contributed by atoms with van der Waals surface area (Å²) in [7, 11) is 0. The van der Waals surface area contributed by atoms with Crippen LogP contribution in [0, 0.1) is 0 Å². The van der Waals surface area contributed by atoms with Crippen LogP contribution in [0.1, 0.15) is 31.1 Å². The Morgan fingerprint density at radius 2 is 1.86 bits per heavy atom. The predicted octanol–water partition coefficient (Wildman–Crippen LogP) is 3.28. The van der Waals surface area contributed by atoms with Crippen LogP contribution < -0.4 is 0 Å². The SMILES string of the molecule is CC(C)(C)Sc1ccccc1C(=O)O. The molecule has 1 N–H and O–H groups in total. The lowest BCUT2D eigenvalue weighted by atomic mass is 10.2. The van der Waals surface area contributed by atoms with E-state index in [4.69, 9.17) is 5.11 Å². The maximum Gasteiger partial charge on any atom is 0.336 e. The van der Waals surface area contributed by atoms with E-state index in [1.54, 1.807) is 23.9 Å². The molecule has 0 fully saturated rings. The lowest BCUT2D eigenvalue weighted by Crippen LogP contribution is -2.09. The fourth-order valence-electron chi connectivity index (χ4n) is 1.06. The number of carboxylic acid groups (broad SMARTS) is 1. The van der Waals surface area contributed by atoms with E-state index in [0.717, 1.165) is 4.90 Å². The molecule has 0 amide bonds. The van der Waals surface area contributed by atoms with E-state index in [9.17, 15) is 4.79 Å². The predicted molar refractivity (Wildman–Crippen MR) is 59.0 cm³/mol. The maximum atomic E-state index is 10.9. The van der Waals surface area contributed by atoms with Gasteiger partial charge in [0.2, 0.25) is 0 Å². The summed E-state index contributed by atoms with van der Waals surface area (Å²) in [6.07, 6.45) is 0. The first-order chi connectivity index (χ1) is 6.40. The molecular formula is C11H14O2S. The Bertz CT molecular complexity index is 339. The molecule has 0 saturated heterocycles. The molecule has 1 aromatic rings. The molecule has 1 rings (SSSR count). The third-order valence-electron chi connectivity index (χ3n) is 1.53. The zero-order valence-corrected chi connectivity index (χ0v) is 9.39. The molecular weight excluding hydrogens is 196 g/mol. The minimum Gasteiger partial charge on any atom is -0.478 e. The highest BCUT2D eigenvalue weighted by Crippen LogP contribution is 2.33. The minimum absolute atomic E-state index is 0.0333. The highest BCUT2D eigenvalue weighted by Gasteiger charge is 2.16. The summed E-state index contributed by atoms with van der Waals surface area (Å²) in [6.45, 7) is 6.20. The fraction of sp³-hybridized carbons (Fsp3) is 0.364. The van der Waals surface area contributed by atoms with Gasteiger partial charge in [-0.15, -0.1) is 11.8 Å². The number of hydrogen-bond acceptors (Lipinski definition) is 2. The maximum absolute atomic E-state index is 10.9. The first kappa shape index (κ1) is 11.1. The minimum atomic E-state index is -0.864. The van der Waals surface area contributed by atoms with Gasteiger partial charge in [-0.2, -0.15) is 0 Å². The zero-order valence-electron chi connectivity index (χ0n) is 8.57. The molecule has 0 spiro atoms. The number of hydrogen-bond donors (Lipinski definition) is 1. The third kappa shape index (κ3) is 3.07. The third-order valence-corrected chi connectivity index (χ3v) is 2.72. The quantitative estimate of drug-likeness (QED) is 0.761. The molecule has 0 aliphatic rings. The van der Waals surface area contributed by atoms with E-state index in [-0.39, 0.29) is 4.75 Å². The van der Waals surface area contributed by atoms with Gasteiger partial charge in [0.1, 0.15) is 0 Å². The number of benzene rings is 1. The average molecular weight is 210 g/mol. The number of rotatable bonds is 2. The van der Waals surface area contributed by atoms with Gasteiger partial charge in [-0.05, 0) is 12.1 Å². The second-order valence-electron chi connectivity index (χ2n) is 4.02. The van der Waals surface area contributed by atoms with Crippen LogP contribution in [0.3, 0.4) is 0 Å². The fourth-order valence-corrected chi connectivity index (χ4v) is 2.13. The smallest absolute Gasteiger partial charge is 0.336 e. The van der Waals surface area contributed by atoms with Gasteiger partial charge in [-0.25, -0.2) is 4.79 Å². The lowest BCUT2D eigenvalue weighted by molar-refractivity contribution is 0.0693. The normalized spacial score (nSPS) is 11.4. The number of carbonyl (C=O) groups is 1. The first-order valence-corrected chi connectivity index (χ1v) is 5.23. The van der Waals surface area contributed by atoms with Crippen molar-refractivity contribution in [2.45, 2.75) is 30.4 Å². The molecule has 76 valence electrons. The van der Waals surface area contributed by atoms with Crippen molar-refractivity contribution in [1.29, 1.82) is 0 Å². The van der Waals surface area contributed by atoms with Crippen LogP contribution in [0.2, 0.25) is 0 Å². The van der Waals surface area contributed by atoms with E-state index >= 15 is 0 Å². The summed E-state index contributed by atoms with van der Waals surface area (Å²) in [5.41, 5.74) is 0.382. The van der Waals surface area contributed by atoms with E-state index in [2.05, 4.69) is 20.8 Å². The molecule has 0 bridgehead atoms. The molecule has 2 nitrogen and oxygen atoms in total. The molecule has 0 unspecified atom stereocenters. The Balaban J connectivity index is 3.02. The van der Waals surface area contributed by atoms with Crippen molar-refractivity contribution in [2.24, 2.45) is 0 Å². The Morgan fingerprint density at radius 3 is 2.36 bits per heavy atom. The summed E-state index contributed by atoms with van der Waals surface area (Å²) < 4.78 is 0.0333. The van der Waals surface area contributed by atoms with Crippen molar-refractivity contribution in [3.8, 4) is 0 Å². The molecule has 14 heavy (non-hydrogen) atoms. The van der Waals surface area contributed by atoms with E-state index in [0.29, 0.717) is 5.56 Å². The van der Waals surface area contributed by atoms with E-state index in [1.165, 1.54) is 0 Å². The second-order valence-corrected chi connectivity index (χ2v) is 5.88. The Kier molecular flexibility index (Phi) is 3.21. The summed E-state index contributed by atoms with van der Waals surface area (Å²) >= 11 is 1.57.